The van der Waals surface area contributed by atoms with Crippen LogP contribution in [-0.4, -0.2) is 104 Å². The Morgan fingerprint density at radius 2 is 1.04 bits per heavy atom. The first kappa shape index (κ1) is 23.6. The summed E-state index contributed by atoms with van der Waals surface area (Å²) in [5.41, 5.74) is 0. The van der Waals surface area contributed by atoms with Gasteiger partial charge < -0.3 is 40.1 Å². The normalized spacial score (nSPS) is 30.6. The van der Waals surface area contributed by atoms with Gasteiger partial charge in [-0.2, -0.15) is 0 Å². The Bertz CT molecular complexity index is 476. The summed E-state index contributed by atoms with van der Waals surface area (Å²) < 4.78 is 8.58. The van der Waals surface area contributed by atoms with Crippen molar-refractivity contribution in [2.24, 2.45) is 0 Å². The summed E-state index contributed by atoms with van der Waals surface area (Å²) in [6.07, 6.45) is -9.43. The number of aliphatic hydroxyl groups excluding tert-OH is 6. The van der Waals surface area contributed by atoms with Crippen molar-refractivity contribution < 1.29 is 76.4 Å². The molecule has 2 rings (SSSR count). The number of aliphatic hydroxyl groups is 6. The second kappa shape index (κ2) is 9.89. The van der Waals surface area contributed by atoms with Gasteiger partial charge in [-0.3, -0.25) is 9.59 Å². The van der Waals surface area contributed by atoms with E-state index in [1.165, 1.54) is 0 Å². The molecule has 0 aromatic heterocycles. The molecule has 2 fully saturated rings. The maximum absolute atomic E-state index is 10.8. The molecule has 13 heteroatoms. The molecule has 2 unspecified atom stereocenters. The minimum atomic E-state index is -1.82. The van der Waals surface area contributed by atoms with Crippen molar-refractivity contribution in [3.63, 3.8) is 0 Å². The molecule has 2 heterocycles. The summed E-state index contributed by atoms with van der Waals surface area (Å²) >= 11 is 0. The average Bonchev–Trinajstić information content (AvgIpc) is 2.98. The van der Waals surface area contributed by atoms with Gasteiger partial charge in [0.15, 0.2) is 12.2 Å². The molecule has 1 radical (unpaired) electrons. The first-order valence-corrected chi connectivity index (χ1v) is 6.58. The number of rotatable bonds is 4. The Kier molecular flexibility index (Phi) is 9.32. The minimum absolute atomic E-state index is 0. The predicted molar refractivity (Wildman–Crippen MR) is 68.0 cm³/mol. The van der Waals surface area contributed by atoms with Gasteiger partial charge in [0.05, 0.1) is 13.2 Å². The van der Waals surface area contributed by atoms with Crippen molar-refractivity contribution in [3.8, 4) is 0 Å². The van der Waals surface area contributed by atoms with Crippen molar-refractivity contribution in [1.82, 2.24) is 0 Å². The Morgan fingerprint density at radius 1 is 0.760 bits per heavy atom. The Morgan fingerprint density at radius 3 is 1.20 bits per heavy atom. The number of carbonyl (C=O) groups is 4. The van der Waals surface area contributed by atoms with Crippen LogP contribution >= 0.6 is 0 Å². The molecule has 2 aliphatic rings. The van der Waals surface area contributed by atoms with Gasteiger partial charge in [-0.25, -0.2) is 9.59 Å². The molecule has 0 aromatic rings. The fraction of sp³-hybridized carbons (Fsp3) is 0.667. The van der Waals surface area contributed by atoms with Crippen molar-refractivity contribution in [2.75, 3.05) is 13.2 Å². The fourth-order valence-electron chi connectivity index (χ4n) is 1.77. The van der Waals surface area contributed by atoms with Gasteiger partial charge >= 0.3 is 29.0 Å². The van der Waals surface area contributed by atoms with E-state index in [0.29, 0.717) is 0 Å². The molecule has 0 bridgehead atoms. The molecule has 0 aromatic carbocycles. The SMILES string of the molecule is O=C1O[C@H]([C@@H](O)CO)C(=O)C1O.O=C1O[C@H]([C@@H](O)CO)C(=O)C1O.[Mn+2]. The van der Waals surface area contributed by atoms with Gasteiger partial charge in [0.2, 0.25) is 23.8 Å². The van der Waals surface area contributed by atoms with Gasteiger partial charge in [-0.15, -0.1) is 0 Å². The van der Waals surface area contributed by atoms with Crippen molar-refractivity contribution in [1.29, 1.82) is 0 Å². The first-order chi connectivity index (χ1) is 11.1. The number of ether oxygens (including phenoxy) is 2. The van der Waals surface area contributed by atoms with E-state index in [4.69, 9.17) is 30.6 Å². The summed E-state index contributed by atoms with van der Waals surface area (Å²) in [6, 6.07) is 0. The van der Waals surface area contributed by atoms with E-state index in [1.54, 1.807) is 0 Å². The van der Waals surface area contributed by atoms with E-state index in [0.717, 1.165) is 0 Å². The molecule has 12 nitrogen and oxygen atoms in total. The van der Waals surface area contributed by atoms with Crippen LogP contribution in [0.4, 0.5) is 0 Å². The average molecular weight is 407 g/mol. The third-order valence-corrected chi connectivity index (χ3v) is 3.11. The number of Topliss-reactive ketones (excluding diaryl/α,β-unsaturated/α-hetero) is 2. The zero-order chi connectivity index (χ0) is 18.6. The van der Waals surface area contributed by atoms with E-state index >= 15 is 0 Å². The smallest absolute Gasteiger partial charge is 0.449 e. The topological polar surface area (TPSA) is 208 Å². The van der Waals surface area contributed by atoms with E-state index in [-0.39, 0.29) is 17.1 Å². The van der Waals surface area contributed by atoms with E-state index in [2.05, 4.69) is 9.47 Å². The molecule has 25 heavy (non-hydrogen) atoms. The molecule has 2 saturated heterocycles. The molecular formula is C12H16MnO12+2. The Balaban J connectivity index is 0.000000443. The molecule has 141 valence electrons. The zero-order valence-corrected chi connectivity index (χ0v) is 13.6. The molecule has 0 amide bonds. The molecule has 0 spiro atoms. The zero-order valence-electron chi connectivity index (χ0n) is 12.4. The molecule has 0 saturated carbocycles. The quantitative estimate of drug-likeness (QED) is 0.146. The van der Waals surface area contributed by atoms with Crippen LogP contribution in [0.3, 0.4) is 0 Å². The minimum Gasteiger partial charge on any atom is -0.449 e. The van der Waals surface area contributed by atoms with Gasteiger partial charge in [-0.05, 0) is 0 Å². The number of carbonyl (C=O) groups excluding carboxylic acids is 4. The molecule has 6 atom stereocenters. The molecule has 6 N–H and O–H groups in total. The van der Waals surface area contributed by atoms with Crippen LogP contribution < -0.4 is 0 Å². The number of hydrogen-bond donors (Lipinski definition) is 6. The predicted octanol–water partition coefficient (Wildman–Crippen LogP) is -5.61. The monoisotopic (exact) mass is 407 g/mol. The number of ketones is 2. The van der Waals surface area contributed by atoms with Crippen LogP contribution in [0.5, 0.6) is 0 Å². The van der Waals surface area contributed by atoms with Crippen LogP contribution in [-0.2, 0) is 45.7 Å². The van der Waals surface area contributed by atoms with E-state index < -0.39 is 73.3 Å². The summed E-state index contributed by atoms with van der Waals surface area (Å²) in [5.74, 6) is -4.00. The van der Waals surface area contributed by atoms with E-state index in [9.17, 15) is 19.2 Å². The molecule has 0 aliphatic carbocycles. The fourth-order valence-corrected chi connectivity index (χ4v) is 1.77. The third-order valence-electron chi connectivity index (χ3n) is 3.11. The van der Waals surface area contributed by atoms with E-state index in [1.807, 2.05) is 0 Å². The van der Waals surface area contributed by atoms with Crippen LogP contribution in [0.2, 0.25) is 0 Å². The summed E-state index contributed by atoms with van der Waals surface area (Å²) in [6.45, 7) is -1.40. The van der Waals surface area contributed by atoms with Crippen LogP contribution in [0.25, 0.3) is 0 Å². The maximum atomic E-state index is 10.8. The molecule has 2 aliphatic heterocycles. The van der Waals surface area contributed by atoms with Crippen molar-refractivity contribution in [3.05, 3.63) is 0 Å². The Labute approximate surface area is 150 Å². The molecular weight excluding hydrogens is 391 g/mol. The maximum Gasteiger partial charge on any atom is 2.00 e. The standard InChI is InChI=1S/2C6H8O6.Mn/c2*7-1-2(8)5-3(9)4(10)6(11)12-5;/h2*2,4-5,7-8,10H,1H2;/q;;+2/t2*2-,4?,5+;/m00./s1. The van der Waals surface area contributed by atoms with Gasteiger partial charge in [0, 0.05) is 0 Å². The van der Waals surface area contributed by atoms with Gasteiger partial charge in [0.25, 0.3) is 0 Å². The van der Waals surface area contributed by atoms with Crippen molar-refractivity contribution in [2.45, 2.75) is 36.6 Å². The second-order valence-electron chi connectivity index (χ2n) is 4.82. The largest absolute Gasteiger partial charge is 2.00 e. The summed E-state index contributed by atoms with van der Waals surface area (Å²) in [5, 5.41) is 52.2. The summed E-state index contributed by atoms with van der Waals surface area (Å²) in [4.78, 5) is 42.8. The first-order valence-electron chi connectivity index (χ1n) is 6.58. The summed E-state index contributed by atoms with van der Waals surface area (Å²) in [7, 11) is 0. The second-order valence-corrected chi connectivity index (χ2v) is 4.82. The number of cyclic esters (lactones) is 2. The van der Waals surface area contributed by atoms with Crippen LogP contribution in [0, 0.1) is 0 Å². The van der Waals surface area contributed by atoms with Gasteiger partial charge in [0.1, 0.15) is 12.2 Å². The number of esters is 2. The van der Waals surface area contributed by atoms with Crippen molar-refractivity contribution >= 4 is 23.5 Å². The Hall–Kier alpha value is -1.44. The number of hydrogen-bond acceptors (Lipinski definition) is 12. The van der Waals surface area contributed by atoms with Gasteiger partial charge in [-0.1, -0.05) is 0 Å². The van der Waals surface area contributed by atoms with Crippen LogP contribution in [0.15, 0.2) is 0 Å². The van der Waals surface area contributed by atoms with Crippen LogP contribution in [0.1, 0.15) is 0 Å². The third kappa shape index (κ3) is 5.26.